The van der Waals surface area contributed by atoms with Gasteiger partial charge in [0.1, 0.15) is 0 Å². The Bertz CT molecular complexity index is 697. The molecule has 6 nitrogen and oxygen atoms in total. The maximum absolute atomic E-state index is 12.8. The maximum Gasteiger partial charge on any atom is 0.257 e. The Morgan fingerprint density at radius 3 is 3.04 bits per heavy atom. The lowest BCUT2D eigenvalue weighted by atomic mass is 9.97. The summed E-state index contributed by atoms with van der Waals surface area (Å²) in [6.45, 7) is 1.36. The van der Waals surface area contributed by atoms with Crippen molar-refractivity contribution in [2.45, 2.75) is 62.2 Å². The molecular formula is C17H23N3O3S. The predicted octanol–water partition coefficient (Wildman–Crippen LogP) is 1.45. The third kappa shape index (κ3) is 3.11. The van der Waals surface area contributed by atoms with Crippen LogP contribution in [-0.2, 0) is 22.4 Å². The molecular weight excluding hydrogens is 326 g/mol. The molecule has 7 heteroatoms. The van der Waals surface area contributed by atoms with Crippen molar-refractivity contribution in [3.63, 3.8) is 0 Å². The summed E-state index contributed by atoms with van der Waals surface area (Å²) in [6, 6.07) is -0.0817. The molecule has 0 bridgehead atoms. The highest BCUT2D eigenvalue weighted by Gasteiger charge is 2.30. The van der Waals surface area contributed by atoms with Crippen LogP contribution < -0.4 is 10.9 Å². The van der Waals surface area contributed by atoms with Crippen LogP contribution in [0.5, 0.6) is 0 Å². The Morgan fingerprint density at radius 1 is 1.33 bits per heavy atom. The number of hydrogen-bond donors (Lipinski definition) is 1. The highest BCUT2D eigenvalue weighted by atomic mass is 32.2. The molecule has 2 atom stereocenters. The van der Waals surface area contributed by atoms with Gasteiger partial charge in [-0.05, 0) is 38.5 Å². The van der Waals surface area contributed by atoms with E-state index in [1.165, 1.54) is 0 Å². The fourth-order valence-electron chi connectivity index (χ4n) is 3.78. The van der Waals surface area contributed by atoms with Gasteiger partial charge in [-0.15, -0.1) is 0 Å². The van der Waals surface area contributed by atoms with E-state index in [1.54, 1.807) is 16.3 Å². The number of nitrogens with zero attached hydrogens (tertiary/aromatic N) is 2. The van der Waals surface area contributed by atoms with E-state index in [1.807, 2.05) is 0 Å². The molecule has 0 spiro atoms. The summed E-state index contributed by atoms with van der Waals surface area (Å²) in [7, 11) is 0. The van der Waals surface area contributed by atoms with Gasteiger partial charge in [-0.1, -0.05) is 11.8 Å². The second-order valence-corrected chi connectivity index (χ2v) is 7.80. The van der Waals surface area contributed by atoms with E-state index in [9.17, 15) is 9.59 Å². The van der Waals surface area contributed by atoms with Crippen molar-refractivity contribution in [2.24, 2.45) is 0 Å². The molecule has 1 aromatic heterocycles. The Hall–Kier alpha value is -1.34. The molecule has 1 N–H and O–H groups in total. The molecule has 1 aromatic rings. The van der Waals surface area contributed by atoms with Crippen LogP contribution in [0.3, 0.4) is 0 Å². The summed E-state index contributed by atoms with van der Waals surface area (Å²) < 4.78 is 7.29. The number of ether oxygens (including phenoxy) is 1. The number of aryl methyl sites for hydroxylation is 1. The molecule has 1 aliphatic carbocycles. The van der Waals surface area contributed by atoms with E-state index in [0.717, 1.165) is 67.3 Å². The molecule has 1 amide bonds. The standard InChI is InChI=1S/C17H23N3O3S/c21-15(18-9-12-4-3-7-23-12)8-11-10-24-17-19-14-6-2-1-5-13(14)16(22)20(11)17/h11-12H,1-10H2,(H,18,21)/t11-,12-/m0/s1. The lowest BCUT2D eigenvalue weighted by molar-refractivity contribution is -0.122. The SMILES string of the molecule is O=C(C[C@H]1CSc2nc3c(c(=O)n21)CCCC3)NC[C@@H]1CCCO1. The number of amides is 1. The summed E-state index contributed by atoms with van der Waals surface area (Å²) in [4.78, 5) is 29.8. The van der Waals surface area contributed by atoms with E-state index >= 15 is 0 Å². The van der Waals surface area contributed by atoms with Gasteiger partial charge < -0.3 is 10.1 Å². The number of nitrogens with one attached hydrogen (secondary N) is 1. The van der Waals surface area contributed by atoms with Crippen LogP contribution in [0.25, 0.3) is 0 Å². The molecule has 3 heterocycles. The van der Waals surface area contributed by atoms with Crippen LogP contribution in [0.1, 0.15) is 49.4 Å². The number of thioether (sulfide) groups is 1. The van der Waals surface area contributed by atoms with E-state index in [-0.39, 0.29) is 23.6 Å². The fourth-order valence-corrected chi connectivity index (χ4v) is 4.94. The Balaban J connectivity index is 1.45. The van der Waals surface area contributed by atoms with Gasteiger partial charge in [-0.2, -0.15) is 0 Å². The minimum absolute atomic E-state index is 0.00595. The normalized spacial score (nSPS) is 25.3. The zero-order valence-electron chi connectivity index (χ0n) is 13.8. The smallest absolute Gasteiger partial charge is 0.257 e. The van der Waals surface area contributed by atoms with Crippen LogP contribution in [0.2, 0.25) is 0 Å². The zero-order valence-corrected chi connectivity index (χ0v) is 14.6. The average Bonchev–Trinajstić information content (AvgIpc) is 3.23. The molecule has 3 aliphatic rings. The third-order valence-corrected chi connectivity index (χ3v) is 6.19. The van der Waals surface area contributed by atoms with Gasteiger partial charge in [-0.25, -0.2) is 4.98 Å². The van der Waals surface area contributed by atoms with E-state index in [2.05, 4.69) is 5.32 Å². The largest absolute Gasteiger partial charge is 0.376 e. The van der Waals surface area contributed by atoms with Crippen LogP contribution in [0.4, 0.5) is 0 Å². The number of carbonyl (C=O) groups excluding carboxylic acids is 1. The molecule has 0 saturated carbocycles. The van der Waals surface area contributed by atoms with Gasteiger partial charge in [0.2, 0.25) is 5.91 Å². The Morgan fingerprint density at radius 2 is 2.21 bits per heavy atom. The molecule has 4 rings (SSSR count). The van der Waals surface area contributed by atoms with Gasteiger partial charge >= 0.3 is 0 Å². The highest BCUT2D eigenvalue weighted by molar-refractivity contribution is 7.99. The van der Waals surface area contributed by atoms with Crippen molar-refractivity contribution in [3.05, 3.63) is 21.6 Å². The molecule has 24 heavy (non-hydrogen) atoms. The molecule has 0 unspecified atom stereocenters. The van der Waals surface area contributed by atoms with Crippen molar-refractivity contribution in [2.75, 3.05) is 18.9 Å². The predicted molar refractivity (Wildman–Crippen MR) is 91.5 cm³/mol. The first-order valence-corrected chi connectivity index (χ1v) is 9.86. The topological polar surface area (TPSA) is 73.2 Å². The molecule has 2 aliphatic heterocycles. The number of fused-ring (bicyclic) bond motifs is 2. The zero-order chi connectivity index (χ0) is 16.5. The van der Waals surface area contributed by atoms with Crippen LogP contribution >= 0.6 is 11.8 Å². The first-order chi connectivity index (χ1) is 11.7. The second kappa shape index (κ2) is 6.88. The van der Waals surface area contributed by atoms with Crippen LogP contribution in [0, 0.1) is 0 Å². The molecule has 1 saturated heterocycles. The quantitative estimate of drug-likeness (QED) is 0.833. The Labute approximate surface area is 145 Å². The summed E-state index contributed by atoms with van der Waals surface area (Å²) in [5, 5.41) is 3.74. The van der Waals surface area contributed by atoms with Gasteiger partial charge in [0.05, 0.1) is 17.8 Å². The summed E-state index contributed by atoms with van der Waals surface area (Å²) >= 11 is 1.60. The van der Waals surface area contributed by atoms with E-state index in [4.69, 9.17) is 9.72 Å². The molecule has 0 radical (unpaired) electrons. The summed E-state index contributed by atoms with van der Waals surface area (Å²) in [5.74, 6) is 0.743. The first kappa shape index (κ1) is 16.1. The monoisotopic (exact) mass is 349 g/mol. The first-order valence-electron chi connectivity index (χ1n) is 8.88. The number of hydrogen-bond acceptors (Lipinski definition) is 5. The average molecular weight is 349 g/mol. The van der Waals surface area contributed by atoms with Gasteiger partial charge in [-0.3, -0.25) is 14.2 Å². The maximum atomic E-state index is 12.8. The molecule has 0 aromatic carbocycles. The van der Waals surface area contributed by atoms with Gasteiger partial charge in [0.15, 0.2) is 5.16 Å². The van der Waals surface area contributed by atoms with Gasteiger partial charge in [0.25, 0.3) is 5.56 Å². The number of aromatic nitrogens is 2. The fraction of sp³-hybridized carbons (Fsp3) is 0.706. The van der Waals surface area contributed by atoms with E-state index < -0.39 is 0 Å². The van der Waals surface area contributed by atoms with Crippen molar-refractivity contribution in [1.82, 2.24) is 14.9 Å². The van der Waals surface area contributed by atoms with Gasteiger partial charge in [0, 0.05) is 30.9 Å². The second-order valence-electron chi connectivity index (χ2n) is 6.81. The minimum Gasteiger partial charge on any atom is -0.376 e. The van der Waals surface area contributed by atoms with E-state index in [0.29, 0.717) is 13.0 Å². The summed E-state index contributed by atoms with van der Waals surface area (Å²) in [6.07, 6.45) is 6.47. The third-order valence-electron chi connectivity index (χ3n) is 5.09. The Kier molecular flexibility index (Phi) is 4.63. The van der Waals surface area contributed by atoms with Crippen molar-refractivity contribution >= 4 is 17.7 Å². The molecule has 1 fully saturated rings. The van der Waals surface area contributed by atoms with Crippen LogP contribution in [-0.4, -0.2) is 40.5 Å². The lowest BCUT2D eigenvalue weighted by Gasteiger charge is -2.19. The van der Waals surface area contributed by atoms with Crippen LogP contribution in [0.15, 0.2) is 9.95 Å². The van der Waals surface area contributed by atoms with Crippen molar-refractivity contribution in [3.8, 4) is 0 Å². The van der Waals surface area contributed by atoms with Crippen molar-refractivity contribution < 1.29 is 9.53 Å². The number of carbonyl (C=O) groups is 1. The lowest BCUT2D eigenvalue weighted by Crippen LogP contribution is -2.36. The van der Waals surface area contributed by atoms with Crippen molar-refractivity contribution in [1.29, 1.82) is 0 Å². The number of rotatable bonds is 4. The minimum atomic E-state index is -0.0817. The highest BCUT2D eigenvalue weighted by Crippen LogP contribution is 2.33. The molecule has 130 valence electrons. The summed E-state index contributed by atoms with van der Waals surface area (Å²) in [5.41, 5.74) is 1.93.